The quantitative estimate of drug-likeness (QED) is 0.452. The first-order chi connectivity index (χ1) is 2.00. The summed E-state index contributed by atoms with van der Waals surface area (Å²) in [5.74, 6) is 0. The Kier molecular flexibility index (Phi) is 5.47. The third kappa shape index (κ3) is 65.2. The molecule has 3 heteroatoms. The second-order valence-electron chi connectivity index (χ2n) is 2.17. The molecule has 0 heterocycles. The van der Waals surface area contributed by atoms with Crippen molar-refractivity contribution in [2.45, 2.75) is 19.6 Å². The van der Waals surface area contributed by atoms with Crippen molar-refractivity contribution in [2.75, 3.05) is 0 Å². The van der Waals surface area contributed by atoms with Gasteiger partial charge in [0.15, 0.2) is 8.32 Å². The van der Waals surface area contributed by atoms with Crippen molar-refractivity contribution < 1.29 is 4.80 Å². The first kappa shape index (κ1) is 10.2. The van der Waals surface area contributed by atoms with Crippen molar-refractivity contribution in [1.82, 2.24) is 0 Å². The van der Waals surface area contributed by atoms with Gasteiger partial charge in [-0.3, -0.25) is 0 Å². The van der Waals surface area contributed by atoms with Gasteiger partial charge in [0, 0.05) is 29.6 Å². The van der Waals surface area contributed by atoms with Crippen LogP contribution in [-0.2, 0) is 0 Å². The molecule has 0 atom stereocenters. The zero-order valence-corrected chi connectivity index (χ0v) is 7.95. The first-order valence-corrected chi connectivity index (χ1v) is 5.17. The number of rotatable bonds is 0. The summed E-state index contributed by atoms with van der Waals surface area (Å²) in [4.78, 5) is 8.66. The molecule has 0 saturated heterocycles. The van der Waals surface area contributed by atoms with Gasteiger partial charge in [0.05, 0.1) is 0 Å². The molecule has 0 aromatic rings. The van der Waals surface area contributed by atoms with Crippen LogP contribution in [0.5, 0.6) is 0 Å². The van der Waals surface area contributed by atoms with Gasteiger partial charge in [-0.15, -0.1) is 0 Å². The minimum Gasteiger partial charge on any atom is -0.433 e. The molecule has 1 nitrogen and oxygen atoms in total. The van der Waals surface area contributed by atoms with E-state index in [4.69, 9.17) is 4.80 Å². The SMILES string of the molecule is C[Si](C)(C)O.[Na]. The minimum absolute atomic E-state index is 0. The third-order valence-corrected chi connectivity index (χ3v) is 0. The van der Waals surface area contributed by atoms with Crippen molar-refractivity contribution in [1.29, 1.82) is 0 Å². The van der Waals surface area contributed by atoms with E-state index in [2.05, 4.69) is 0 Å². The average Bonchev–Trinajstić information content (AvgIpc) is 0.722. The molecule has 0 fully saturated rings. The number of hydrogen-bond acceptors (Lipinski definition) is 1. The van der Waals surface area contributed by atoms with Crippen molar-refractivity contribution in [3.8, 4) is 0 Å². The maximum absolute atomic E-state index is 8.66. The van der Waals surface area contributed by atoms with E-state index in [9.17, 15) is 0 Å². The zero-order valence-electron chi connectivity index (χ0n) is 4.95. The summed E-state index contributed by atoms with van der Waals surface area (Å²) in [6.07, 6.45) is 0. The standard InChI is InChI=1S/C3H10OSi.Na/c1-5(2,3)4;/h4H,1-3H3;. The Labute approximate surface area is 62.2 Å². The molecule has 0 aromatic heterocycles. The monoisotopic (exact) mass is 113 g/mol. The predicted octanol–water partition coefficient (Wildman–Crippen LogP) is 0.433. The maximum atomic E-state index is 8.66. The van der Waals surface area contributed by atoms with Crippen LogP contribution in [0.25, 0.3) is 0 Å². The summed E-state index contributed by atoms with van der Waals surface area (Å²) < 4.78 is 0. The maximum Gasteiger partial charge on any atom is 0.179 e. The first-order valence-electron chi connectivity index (χ1n) is 1.72. The Morgan fingerprint density at radius 2 is 1.17 bits per heavy atom. The molecule has 1 radical (unpaired) electrons. The van der Waals surface area contributed by atoms with E-state index in [1.807, 2.05) is 19.6 Å². The molecule has 0 aliphatic heterocycles. The largest absolute Gasteiger partial charge is 0.433 e. The summed E-state index contributed by atoms with van der Waals surface area (Å²) in [7, 11) is -1.61. The van der Waals surface area contributed by atoms with Crippen LogP contribution >= 0.6 is 0 Å². The normalized spacial score (nSPS) is 10.0. The van der Waals surface area contributed by atoms with Crippen molar-refractivity contribution in [3.63, 3.8) is 0 Å². The Balaban J connectivity index is 0. The molecule has 0 spiro atoms. The molecule has 0 aliphatic carbocycles. The van der Waals surface area contributed by atoms with Gasteiger partial charge in [0.2, 0.25) is 0 Å². The summed E-state index contributed by atoms with van der Waals surface area (Å²) in [5.41, 5.74) is 0. The summed E-state index contributed by atoms with van der Waals surface area (Å²) in [6.45, 7) is 5.65. The van der Waals surface area contributed by atoms with Gasteiger partial charge in [-0.2, -0.15) is 0 Å². The van der Waals surface area contributed by atoms with E-state index in [1.165, 1.54) is 0 Å². The molecule has 6 heavy (non-hydrogen) atoms. The summed E-state index contributed by atoms with van der Waals surface area (Å²) in [6, 6.07) is 0. The van der Waals surface area contributed by atoms with Gasteiger partial charge in [0.1, 0.15) is 0 Å². The van der Waals surface area contributed by atoms with E-state index in [0.29, 0.717) is 0 Å². The molecule has 0 aliphatic rings. The van der Waals surface area contributed by atoms with Crippen LogP contribution in [0.4, 0.5) is 0 Å². The molecular weight excluding hydrogens is 103 g/mol. The smallest absolute Gasteiger partial charge is 0.179 e. The van der Waals surface area contributed by atoms with Gasteiger partial charge >= 0.3 is 0 Å². The van der Waals surface area contributed by atoms with E-state index in [0.717, 1.165) is 0 Å². The van der Waals surface area contributed by atoms with Gasteiger partial charge in [-0.1, -0.05) is 0 Å². The van der Waals surface area contributed by atoms with Crippen molar-refractivity contribution in [2.24, 2.45) is 0 Å². The van der Waals surface area contributed by atoms with Crippen LogP contribution < -0.4 is 0 Å². The van der Waals surface area contributed by atoms with Gasteiger partial charge in [0.25, 0.3) is 0 Å². The van der Waals surface area contributed by atoms with Crippen LogP contribution in [0.1, 0.15) is 0 Å². The minimum atomic E-state index is -1.61. The molecule has 0 amide bonds. The molecule has 33 valence electrons. The molecule has 0 aromatic carbocycles. The fourth-order valence-electron chi connectivity index (χ4n) is 0. The zero-order chi connectivity index (χ0) is 4.50. The van der Waals surface area contributed by atoms with Crippen LogP contribution in [-0.4, -0.2) is 42.7 Å². The Morgan fingerprint density at radius 1 is 1.17 bits per heavy atom. The van der Waals surface area contributed by atoms with Crippen LogP contribution in [0.3, 0.4) is 0 Å². The molecule has 1 N–H and O–H groups in total. The van der Waals surface area contributed by atoms with Crippen LogP contribution in [0, 0.1) is 0 Å². The Morgan fingerprint density at radius 3 is 1.17 bits per heavy atom. The molecule has 0 saturated carbocycles. The Hall–Kier alpha value is 1.18. The van der Waals surface area contributed by atoms with E-state index >= 15 is 0 Å². The second-order valence-corrected chi connectivity index (χ2v) is 6.51. The van der Waals surface area contributed by atoms with E-state index < -0.39 is 8.32 Å². The predicted molar refractivity (Wildman–Crippen MR) is 31.3 cm³/mol. The van der Waals surface area contributed by atoms with Crippen LogP contribution in [0.15, 0.2) is 0 Å². The fraction of sp³-hybridized carbons (Fsp3) is 1.00. The van der Waals surface area contributed by atoms with Gasteiger partial charge in [-0.25, -0.2) is 0 Å². The topological polar surface area (TPSA) is 20.2 Å². The van der Waals surface area contributed by atoms with Crippen molar-refractivity contribution in [3.05, 3.63) is 0 Å². The van der Waals surface area contributed by atoms with E-state index in [-0.39, 0.29) is 29.6 Å². The van der Waals surface area contributed by atoms with Crippen molar-refractivity contribution >= 4 is 37.9 Å². The third-order valence-electron chi connectivity index (χ3n) is 0. The molecule has 0 unspecified atom stereocenters. The summed E-state index contributed by atoms with van der Waals surface area (Å²) in [5, 5.41) is 0. The second kappa shape index (κ2) is 3.21. The fourth-order valence-corrected chi connectivity index (χ4v) is 0. The number of hydrogen-bond donors (Lipinski definition) is 1. The average molecular weight is 113 g/mol. The molecule has 0 bridgehead atoms. The molecular formula is C3H10NaOSi. The Bertz CT molecular complexity index is 26.3. The summed E-state index contributed by atoms with van der Waals surface area (Å²) >= 11 is 0. The van der Waals surface area contributed by atoms with Gasteiger partial charge in [-0.05, 0) is 19.6 Å². The van der Waals surface area contributed by atoms with Crippen LogP contribution in [0.2, 0.25) is 19.6 Å². The van der Waals surface area contributed by atoms with Gasteiger partial charge < -0.3 is 4.80 Å². The molecule has 0 rings (SSSR count). The van der Waals surface area contributed by atoms with E-state index in [1.54, 1.807) is 0 Å².